The monoisotopic (exact) mass is 316 g/mol. The van der Waals surface area contributed by atoms with Crippen LogP contribution in [0.25, 0.3) is 0 Å². The van der Waals surface area contributed by atoms with Gasteiger partial charge < -0.3 is 4.74 Å². The molecule has 108 valence electrons. The van der Waals surface area contributed by atoms with Crippen LogP contribution in [0.15, 0.2) is 11.4 Å². The molecule has 8 nitrogen and oxygen atoms in total. The number of hydrogen-bond donors (Lipinski definition) is 2. The number of thiophene rings is 1. The van der Waals surface area contributed by atoms with Gasteiger partial charge in [-0.1, -0.05) is 11.3 Å². The number of nitro groups is 1. The Morgan fingerprint density at radius 2 is 2.20 bits per heavy atom. The number of carbonyl (C=O) groups is 1. The first kappa shape index (κ1) is 14.8. The molecule has 0 spiro atoms. The van der Waals surface area contributed by atoms with Gasteiger partial charge in [0.05, 0.1) is 23.7 Å². The van der Waals surface area contributed by atoms with E-state index < -0.39 is 10.8 Å². The molecule has 0 atom stereocenters. The molecule has 10 heteroatoms. The number of thiocarbonyl (C=S) groups is 1. The summed E-state index contributed by atoms with van der Waals surface area (Å²) in [7, 11) is 0. The normalized spacial score (nSPS) is 15.6. The highest BCUT2D eigenvalue weighted by Crippen LogP contribution is 2.22. The van der Waals surface area contributed by atoms with Crippen molar-refractivity contribution in [2.75, 3.05) is 26.3 Å². The predicted molar refractivity (Wildman–Crippen MR) is 76.6 cm³/mol. The van der Waals surface area contributed by atoms with Gasteiger partial charge in [-0.25, -0.2) is 5.01 Å². The summed E-state index contributed by atoms with van der Waals surface area (Å²) < 4.78 is 5.18. The molecule has 2 N–H and O–H groups in total. The number of carbonyl (C=O) groups excluding carboxylic acids is 1. The Labute approximate surface area is 123 Å². The number of hydrazine groups is 1. The molecule has 0 aromatic carbocycles. The van der Waals surface area contributed by atoms with E-state index in [9.17, 15) is 14.9 Å². The molecule has 1 saturated heterocycles. The second kappa shape index (κ2) is 6.70. The van der Waals surface area contributed by atoms with Crippen LogP contribution in [0.4, 0.5) is 5.00 Å². The first-order valence-electron chi connectivity index (χ1n) is 5.74. The third kappa shape index (κ3) is 3.93. The molecule has 1 aromatic heterocycles. The predicted octanol–water partition coefficient (Wildman–Crippen LogP) is 0.508. The van der Waals surface area contributed by atoms with Gasteiger partial charge in [0.15, 0.2) is 5.11 Å². The van der Waals surface area contributed by atoms with E-state index in [1.165, 1.54) is 11.4 Å². The van der Waals surface area contributed by atoms with E-state index in [4.69, 9.17) is 17.0 Å². The molecule has 2 heterocycles. The fourth-order valence-corrected chi connectivity index (χ4v) is 2.49. The Morgan fingerprint density at radius 3 is 2.80 bits per heavy atom. The Morgan fingerprint density at radius 1 is 1.50 bits per heavy atom. The summed E-state index contributed by atoms with van der Waals surface area (Å²) in [4.78, 5) is 21.8. The van der Waals surface area contributed by atoms with E-state index in [1.54, 1.807) is 0 Å². The molecule has 0 saturated carbocycles. The van der Waals surface area contributed by atoms with Gasteiger partial charge in [-0.3, -0.25) is 25.7 Å². The fraction of sp³-hybridized carbons (Fsp3) is 0.400. The summed E-state index contributed by atoms with van der Waals surface area (Å²) in [5.41, 5.74) is 3.09. The molecule has 1 amide bonds. The van der Waals surface area contributed by atoms with Crippen LogP contribution < -0.4 is 10.7 Å². The number of hydrogen-bond acceptors (Lipinski definition) is 7. The van der Waals surface area contributed by atoms with Gasteiger partial charge >= 0.3 is 5.00 Å². The van der Waals surface area contributed by atoms with Gasteiger partial charge in [-0.15, -0.1) is 0 Å². The third-order valence-corrected chi connectivity index (χ3v) is 3.60. The van der Waals surface area contributed by atoms with Crippen molar-refractivity contribution in [2.45, 2.75) is 0 Å². The highest BCUT2D eigenvalue weighted by atomic mass is 32.1. The second-order valence-corrected chi connectivity index (χ2v) is 5.22. The standard InChI is InChI=1S/C10H12N4O4S2/c15-9(7-5-8(14(16)17)20-6-7)11-10(19)12-13-1-3-18-4-2-13/h5-6H,1-4H2,(H2,11,12,15,19). The fourth-order valence-electron chi connectivity index (χ4n) is 1.56. The minimum atomic E-state index is -0.536. The maximum absolute atomic E-state index is 11.8. The van der Waals surface area contributed by atoms with Crippen LogP contribution >= 0.6 is 23.6 Å². The number of amides is 1. The zero-order chi connectivity index (χ0) is 14.5. The molecule has 0 radical (unpaired) electrons. The molecule has 1 fully saturated rings. The van der Waals surface area contributed by atoms with Crippen molar-refractivity contribution in [3.05, 3.63) is 27.1 Å². The van der Waals surface area contributed by atoms with Crippen molar-refractivity contribution in [1.29, 1.82) is 0 Å². The summed E-state index contributed by atoms with van der Waals surface area (Å²) in [6.07, 6.45) is 0. The van der Waals surface area contributed by atoms with E-state index in [0.717, 1.165) is 11.3 Å². The first-order valence-corrected chi connectivity index (χ1v) is 7.02. The number of rotatable bonds is 3. The maximum atomic E-state index is 11.8. The lowest BCUT2D eigenvalue weighted by Crippen LogP contribution is -2.52. The lowest BCUT2D eigenvalue weighted by Gasteiger charge is -2.27. The Balaban J connectivity index is 1.86. The molecule has 1 aromatic rings. The van der Waals surface area contributed by atoms with Crippen molar-refractivity contribution < 1.29 is 14.5 Å². The van der Waals surface area contributed by atoms with E-state index in [1.807, 2.05) is 5.01 Å². The Kier molecular flexibility index (Phi) is 4.95. The van der Waals surface area contributed by atoms with Crippen molar-refractivity contribution in [3.8, 4) is 0 Å². The maximum Gasteiger partial charge on any atom is 0.324 e. The van der Waals surface area contributed by atoms with Crippen LogP contribution in [0.2, 0.25) is 0 Å². The smallest absolute Gasteiger partial charge is 0.324 e. The topological polar surface area (TPSA) is 96.7 Å². The number of nitrogens with zero attached hydrogens (tertiary/aromatic N) is 2. The van der Waals surface area contributed by atoms with Gasteiger partial charge in [0.2, 0.25) is 0 Å². The molecular formula is C10H12N4O4S2. The highest BCUT2D eigenvalue weighted by Gasteiger charge is 2.17. The van der Waals surface area contributed by atoms with E-state index in [0.29, 0.717) is 26.3 Å². The molecule has 2 rings (SSSR count). The van der Waals surface area contributed by atoms with Crippen LogP contribution in [-0.4, -0.2) is 47.3 Å². The van der Waals surface area contributed by atoms with Crippen LogP contribution in [0.5, 0.6) is 0 Å². The lowest BCUT2D eigenvalue weighted by molar-refractivity contribution is -0.380. The van der Waals surface area contributed by atoms with Crippen LogP contribution in [0.1, 0.15) is 10.4 Å². The van der Waals surface area contributed by atoms with Gasteiger partial charge in [-0.05, 0) is 12.2 Å². The van der Waals surface area contributed by atoms with Crippen molar-refractivity contribution in [3.63, 3.8) is 0 Å². The van der Waals surface area contributed by atoms with Gasteiger partial charge in [0, 0.05) is 24.5 Å². The highest BCUT2D eigenvalue weighted by molar-refractivity contribution is 7.80. The Bertz CT molecular complexity index is 527. The summed E-state index contributed by atoms with van der Waals surface area (Å²) in [6, 6.07) is 1.22. The minimum Gasteiger partial charge on any atom is -0.379 e. The largest absolute Gasteiger partial charge is 0.379 e. The quantitative estimate of drug-likeness (QED) is 0.476. The van der Waals surface area contributed by atoms with Crippen LogP contribution in [0.3, 0.4) is 0 Å². The molecule has 1 aliphatic rings. The third-order valence-electron chi connectivity index (χ3n) is 2.53. The number of ether oxygens (including phenoxy) is 1. The summed E-state index contributed by atoms with van der Waals surface area (Å²) in [5, 5.41) is 16.4. The van der Waals surface area contributed by atoms with Gasteiger partial charge in [-0.2, -0.15) is 0 Å². The lowest BCUT2D eigenvalue weighted by atomic mass is 10.3. The molecule has 20 heavy (non-hydrogen) atoms. The van der Waals surface area contributed by atoms with Crippen LogP contribution in [-0.2, 0) is 4.74 Å². The van der Waals surface area contributed by atoms with Crippen molar-refractivity contribution in [1.82, 2.24) is 15.8 Å². The Hall–Kier alpha value is -1.62. The van der Waals surface area contributed by atoms with E-state index in [-0.39, 0.29) is 15.7 Å². The number of morpholine rings is 1. The number of nitrogens with one attached hydrogen (secondary N) is 2. The van der Waals surface area contributed by atoms with Crippen molar-refractivity contribution in [2.24, 2.45) is 0 Å². The molecule has 0 aliphatic carbocycles. The second-order valence-electron chi connectivity index (χ2n) is 3.93. The molecule has 1 aliphatic heterocycles. The first-order chi connectivity index (χ1) is 9.56. The van der Waals surface area contributed by atoms with Crippen LogP contribution in [0, 0.1) is 10.1 Å². The summed E-state index contributed by atoms with van der Waals surface area (Å²) in [5.74, 6) is -0.472. The summed E-state index contributed by atoms with van der Waals surface area (Å²) >= 11 is 5.91. The molecule has 0 bridgehead atoms. The van der Waals surface area contributed by atoms with Crippen molar-refractivity contribution >= 4 is 39.6 Å². The zero-order valence-electron chi connectivity index (χ0n) is 10.3. The SMILES string of the molecule is O=C(NC(=S)NN1CCOCC1)c1csc([N+](=O)[O-])c1. The van der Waals surface area contributed by atoms with E-state index >= 15 is 0 Å². The minimum absolute atomic E-state index is 0.0813. The average Bonchev–Trinajstić information content (AvgIpc) is 2.89. The van der Waals surface area contributed by atoms with Gasteiger partial charge in [0.25, 0.3) is 5.91 Å². The molecular weight excluding hydrogens is 304 g/mol. The zero-order valence-corrected chi connectivity index (χ0v) is 12.0. The average molecular weight is 316 g/mol. The summed E-state index contributed by atoms with van der Waals surface area (Å²) in [6.45, 7) is 2.53. The van der Waals surface area contributed by atoms with E-state index in [2.05, 4.69) is 10.7 Å². The van der Waals surface area contributed by atoms with Gasteiger partial charge in [0.1, 0.15) is 0 Å². The molecule has 0 unspecified atom stereocenters.